The molecule has 1 N–H and O–H groups in total. The molecule has 2 aromatic carbocycles. The number of carboxylic acid groups (broad SMARTS) is 1. The molecule has 0 radical (unpaired) electrons. The van der Waals surface area contributed by atoms with E-state index < -0.39 is 17.0 Å². The van der Waals surface area contributed by atoms with Gasteiger partial charge in [0.25, 0.3) is 5.69 Å². The van der Waals surface area contributed by atoms with E-state index in [1.54, 1.807) is 24.3 Å². The largest absolute Gasteiger partial charge is 0.478 e. The number of hydrogen-bond donors (Lipinski definition) is 1. The van der Waals surface area contributed by atoms with Gasteiger partial charge in [0, 0.05) is 18.6 Å². The fourth-order valence-electron chi connectivity index (χ4n) is 2.04. The van der Waals surface area contributed by atoms with E-state index in [2.05, 4.69) is 0 Å². The van der Waals surface area contributed by atoms with Crippen LogP contribution in [0, 0.1) is 17.0 Å². The second-order valence-corrected chi connectivity index (χ2v) is 4.89. The maximum atomic E-state index is 11.4. The molecule has 6 nitrogen and oxygen atoms in total. The normalized spacial score (nSPS) is 11.7. The Labute approximate surface area is 127 Å². The number of nitro groups is 1. The SMILES string of the molecule is Cc1cccc(O[C@H](Cc2cccc([N+](=O)[O-])c2)C(=O)O)c1. The summed E-state index contributed by atoms with van der Waals surface area (Å²) in [5, 5.41) is 20.0. The van der Waals surface area contributed by atoms with Crippen molar-refractivity contribution in [3.05, 3.63) is 69.8 Å². The van der Waals surface area contributed by atoms with E-state index in [4.69, 9.17) is 4.74 Å². The Morgan fingerprint density at radius 3 is 2.64 bits per heavy atom. The first kappa shape index (κ1) is 15.5. The molecule has 6 heteroatoms. The van der Waals surface area contributed by atoms with Crippen LogP contribution in [-0.4, -0.2) is 22.1 Å². The minimum atomic E-state index is -1.12. The molecule has 0 amide bonds. The molecular weight excluding hydrogens is 286 g/mol. The van der Waals surface area contributed by atoms with Gasteiger partial charge in [0.05, 0.1) is 4.92 Å². The van der Waals surface area contributed by atoms with E-state index in [-0.39, 0.29) is 12.1 Å². The van der Waals surface area contributed by atoms with Crippen LogP contribution in [0.1, 0.15) is 11.1 Å². The number of ether oxygens (including phenoxy) is 1. The van der Waals surface area contributed by atoms with Crippen LogP contribution in [0.3, 0.4) is 0 Å². The van der Waals surface area contributed by atoms with Crippen molar-refractivity contribution in [3.8, 4) is 5.75 Å². The smallest absolute Gasteiger partial charge is 0.345 e. The third-order valence-electron chi connectivity index (χ3n) is 3.09. The third-order valence-corrected chi connectivity index (χ3v) is 3.09. The quantitative estimate of drug-likeness (QED) is 0.654. The van der Waals surface area contributed by atoms with Crippen LogP contribution in [0.2, 0.25) is 0 Å². The summed E-state index contributed by atoms with van der Waals surface area (Å²) in [6, 6.07) is 13.0. The van der Waals surface area contributed by atoms with Gasteiger partial charge in [-0.25, -0.2) is 4.79 Å². The summed E-state index contributed by atoms with van der Waals surface area (Å²) in [7, 11) is 0. The summed E-state index contributed by atoms with van der Waals surface area (Å²) in [6.07, 6.45) is -1.06. The van der Waals surface area contributed by atoms with E-state index in [1.807, 2.05) is 13.0 Å². The highest BCUT2D eigenvalue weighted by Crippen LogP contribution is 2.19. The highest BCUT2D eigenvalue weighted by atomic mass is 16.6. The van der Waals surface area contributed by atoms with Gasteiger partial charge in [0.15, 0.2) is 6.10 Å². The van der Waals surface area contributed by atoms with Crippen LogP contribution in [0.5, 0.6) is 5.75 Å². The Balaban J connectivity index is 2.17. The van der Waals surface area contributed by atoms with E-state index in [9.17, 15) is 20.0 Å². The zero-order chi connectivity index (χ0) is 16.1. The van der Waals surface area contributed by atoms with Crippen LogP contribution < -0.4 is 4.74 Å². The summed E-state index contributed by atoms with van der Waals surface area (Å²) in [6.45, 7) is 1.88. The minimum Gasteiger partial charge on any atom is -0.478 e. The molecule has 0 bridgehead atoms. The summed E-state index contributed by atoms with van der Waals surface area (Å²) in [5.41, 5.74) is 1.42. The van der Waals surface area contributed by atoms with Crippen LogP contribution in [0.25, 0.3) is 0 Å². The van der Waals surface area contributed by atoms with Crippen LogP contribution in [0.15, 0.2) is 48.5 Å². The van der Waals surface area contributed by atoms with Crippen LogP contribution >= 0.6 is 0 Å². The van der Waals surface area contributed by atoms with Crippen molar-refractivity contribution in [2.45, 2.75) is 19.4 Å². The van der Waals surface area contributed by atoms with E-state index >= 15 is 0 Å². The summed E-state index contributed by atoms with van der Waals surface area (Å²) in [5.74, 6) is -0.661. The Hall–Kier alpha value is -2.89. The van der Waals surface area contributed by atoms with Crippen LogP contribution in [-0.2, 0) is 11.2 Å². The standard InChI is InChI=1S/C16H15NO5/c1-11-4-2-7-14(8-11)22-15(16(18)19)10-12-5-3-6-13(9-12)17(20)21/h2-9,15H,10H2,1H3,(H,18,19)/t15-/m1/s1. The number of nitro benzene ring substituents is 1. The minimum absolute atomic E-state index is 0.0466. The van der Waals surface area contributed by atoms with Crippen LogP contribution in [0.4, 0.5) is 5.69 Å². The lowest BCUT2D eigenvalue weighted by Crippen LogP contribution is -2.29. The number of non-ortho nitro benzene ring substituents is 1. The van der Waals surface area contributed by atoms with Gasteiger partial charge in [-0.3, -0.25) is 10.1 Å². The molecule has 0 saturated carbocycles. The molecule has 1 atom stereocenters. The van der Waals surface area contributed by atoms with Gasteiger partial charge in [-0.2, -0.15) is 0 Å². The molecule has 0 aliphatic heterocycles. The lowest BCUT2D eigenvalue weighted by Gasteiger charge is -2.15. The molecule has 0 saturated heterocycles. The predicted octanol–water partition coefficient (Wildman–Crippen LogP) is 2.98. The van der Waals surface area contributed by atoms with Gasteiger partial charge in [0.2, 0.25) is 0 Å². The molecule has 22 heavy (non-hydrogen) atoms. The average molecular weight is 301 g/mol. The number of aliphatic carboxylic acids is 1. The van der Waals surface area contributed by atoms with Gasteiger partial charge in [-0.05, 0) is 30.2 Å². The number of aryl methyl sites for hydroxylation is 1. The summed E-state index contributed by atoms with van der Waals surface area (Å²) < 4.78 is 5.49. The maximum Gasteiger partial charge on any atom is 0.345 e. The number of benzene rings is 2. The molecule has 0 unspecified atom stereocenters. The molecule has 2 aromatic rings. The van der Waals surface area contributed by atoms with Gasteiger partial charge in [-0.15, -0.1) is 0 Å². The Kier molecular flexibility index (Phi) is 4.73. The van der Waals surface area contributed by atoms with E-state index in [0.29, 0.717) is 11.3 Å². The number of carboxylic acids is 1. The molecule has 114 valence electrons. The van der Waals surface area contributed by atoms with Gasteiger partial charge in [-0.1, -0.05) is 24.3 Å². The molecule has 0 aliphatic rings. The van der Waals surface area contributed by atoms with E-state index in [0.717, 1.165) is 5.56 Å². The first-order valence-electron chi connectivity index (χ1n) is 6.65. The zero-order valence-corrected chi connectivity index (χ0v) is 11.9. The molecule has 0 aromatic heterocycles. The average Bonchev–Trinajstić information content (AvgIpc) is 2.47. The van der Waals surface area contributed by atoms with Crippen molar-refractivity contribution in [1.29, 1.82) is 0 Å². The van der Waals surface area contributed by atoms with Gasteiger partial charge in [0.1, 0.15) is 5.75 Å². The molecule has 0 aliphatic carbocycles. The van der Waals surface area contributed by atoms with Gasteiger partial charge >= 0.3 is 5.97 Å². The molecular formula is C16H15NO5. The Morgan fingerprint density at radius 1 is 1.27 bits per heavy atom. The lowest BCUT2D eigenvalue weighted by atomic mass is 10.1. The number of nitrogens with zero attached hydrogens (tertiary/aromatic N) is 1. The molecule has 0 heterocycles. The fourth-order valence-corrected chi connectivity index (χ4v) is 2.04. The van der Waals surface area contributed by atoms with Gasteiger partial charge < -0.3 is 9.84 Å². The van der Waals surface area contributed by atoms with Crippen molar-refractivity contribution in [2.75, 3.05) is 0 Å². The third kappa shape index (κ3) is 4.05. The fraction of sp³-hybridized carbons (Fsp3) is 0.188. The summed E-state index contributed by atoms with van der Waals surface area (Å²) in [4.78, 5) is 21.6. The predicted molar refractivity (Wildman–Crippen MR) is 80.0 cm³/mol. The zero-order valence-electron chi connectivity index (χ0n) is 11.9. The van der Waals surface area contributed by atoms with Crippen molar-refractivity contribution in [2.24, 2.45) is 0 Å². The molecule has 2 rings (SSSR count). The Bertz CT molecular complexity index is 698. The maximum absolute atomic E-state index is 11.4. The first-order valence-corrected chi connectivity index (χ1v) is 6.65. The first-order chi connectivity index (χ1) is 10.5. The van der Waals surface area contributed by atoms with E-state index in [1.165, 1.54) is 18.2 Å². The lowest BCUT2D eigenvalue weighted by molar-refractivity contribution is -0.384. The van der Waals surface area contributed by atoms with Crippen molar-refractivity contribution in [1.82, 2.24) is 0 Å². The number of hydrogen-bond acceptors (Lipinski definition) is 4. The Morgan fingerprint density at radius 2 is 2.00 bits per heavy atom. The molecule has 0 fully saturated rings. The second kappa shape index (κ2) is 6.71. The highest BCUT2D eigenvalue weighted by Gasteiger charge is 2.21. The van der Waals surface area contributed by atoms with Crippen molar-refractivity contribution in [3.63, 3.8) is 0 Å². The monoisotopic (exact) mass is 301 g/mol. The summed E-state index contributed by atoms with van der Waals surface area (Å²) >= 11 is 0. The topological polar surface area (TPSA) is 89.7 Å². The highest BCUT2D eigenvalue weighted by molar-refractivity contribution is 5.73. The second-order valence-electron chi connectivity index (χ2n) is 4.89. The molecule has 0 spiro atoms. The van der Waals surface area contributed by atoms with Crippen molar-refractivity contribution >= 4 is 11.7 Å². The number of carbonyl (C=O) groups is 1. The number of rotatable bonds is 6. The van der Waals surface area contributed by atoms with Crippen molar-refractivity contribution < 1.29 is 19.6 Å².